The molecule has 0 atom stereocenters. The standard InChI is InChI=1S/C11H16N2O3/c1-4-15-11(14)8-5-10(16-7(2)3)13-6-9(8)12/h5-7H,4,12H2,1-3H3. The van der Waals surface area contributed by atoms with Crippen LogP contribution in [-0.2, 0) is 4.74 Å². The highest BCUT2D eigenvalue weighted by atomic mass is 16.5. The van der Waals surface area contributed by atoms with Crippen LogP contribution in [0.1, 0.15) is 31.1 Å². The van der Waals surface area contributed by atoms with E-state index in [0.29, 0.717) is 12.5 Å². The van der Waals surface area contributed by atoms with Crippen LogP contribution in [0.2, 0.25) is 0 Å². The summed E-state index contributed by atoms with van der Waals surface area (Å²) < 4.78 is 10.2. The van der Waals surface area contributed by atoms with Crippen molar-refractivity contribution < 1.29 is 14.3 Å². The molecule has 0 bridgehead atoms. The number of carbonyl (C=O) groups is 1. The summed E-state index contributed by atoms with van der Waals surface area (Å²) >= 11 is 0. The maximum atomic E-state index is 11.5. The third kappa shape index (κ3) is 3.12. The second-order valence-corrected chi connectivity index (χ2v) is 3.50. The summed E-state index contributed by atoms with van der Waals surface area (Å²) in [6.07, 6.45) is 1.38. The first-order chi connectivity index (χ1) is 7.54. The molecule has 1 heterocycles. The lowest BCUT2D eigenvalue weighted by Crippen LogP contribution is -2.11. The minimum Gasteiger partial charge on any atom is -0.475 e. The molecule has 88 valence electrons. The fraction of sp³-hybridized carbons (Fsp3) is 0.455. The van der Waals surface area contributed by atoms with E-state index in [2.05, 4.69) is 4.98 Å². The molecule has 1 rings (SSSR count). The molecule has 2 N–H and O–H groups in total. The molecule has 0 aliphatic rings. The summed E-state index contributed by atoms with van der Waals surface area (Å²) in [6.45, 7) is 5.80. The molecule has 5 nitrogen and oxygen atoms in total. The number of pyridine rings is 1. The highest BCUT2D eigenvalue weighted by Crippen LogP contribution is 2.18. The zero-order chi connectivity index (χ0) is 12.1. The first kappa shape index (κ1) is 12.3. The van der Waals surface area contributed by atoms with Crippen molar-refractivity contribution in [3.05, 3.63) is 17.8 Å². The number of nitrogen functional groups attached to an aromatic ring is 1. The van der Waals surface area contributed by atoms with Gasteiger partial charge in [-0.1, -0.05) is 0 Å². The van der Waals surface area contributed by atoms with Crippen LogP contribution in [0, 0.1) is 0 Å². The van der Waals surface area contributed by atoms with Gasteiger partial charge in [0.1, 0.15) is 0 Å². The van der Waals surface area contributed by atoms with Gasteiger partial charge in [-0.3, -0.25) is 0 Å². The van der Waals surface area contributed by atoms with E-state index in [1.807, 2.05) is 13.8 Å². The molecule has 0 fully saturated rings. The topological polar surface area (TPSA) is 74.4 Å². The Morgan fingerprint density at radius 1 is 1.56 bits per heavy atom. The van der Waals surface area contributed by atoms with E-state index >= 15 is 0 Å². The molecule has 0 saturated heterocycles. The van der Waals surface area contributed by atoms with Crippen LogP contribution in [0.5, 0.6) is 5.88 Å². The maximum Gasteiger partial charge on any atom is 0.340 e. The molecule has 16 heavy (non-hydrogen) atoms. The lowest BCUT2D eigenvalue weighted by atomic mass is 10.2. The molecule has 1 aromatic heterocycles. The number of nitrogens with two attached hydrogens (primary N) is 1. The van der Waals surface area contributed by atoms with Gasteiger partial charge in [0.15, 0.2) is 0 Å². The average molecular weight is 224 g/mol. The van der Waals surface area contributed by atoms with E-state index in [-0.39, 0.29) is 17.4 Å². The van der Waals surface area contributed by atoms with Crippen molar-refractivity contribution >= 4 is 11.7 Å². The third-order valence-electron chi connectivity index (χ3n) is 1.76. The summed E-state index contributed by atoms with van der Waals surface area (Å²) in [7, 11) is 0. The molecule has 0 aliphatic heterocycles. The van der Waals surface area contributed by atoms with Crippen LogP contribution in [-0.4, -0.2) is 23.7 Å². The Hall–Kier alpha value is -1.78. The van der Waals surface area contributed by atoms with Crippen LogP contribution in [0.15, 0.2) is 12.3 Å². The van der Waals surface area contributed by atoms with Gasteiger partial charge in [0.2, 0.25) is 5.88 Å². The minimum atomic E-state index is -0.462. The Labute approximate surface area is 94.6 Å². The van der Waals surface area contributed by atoms with Crippen LogP contribution >= 0.6 is 0 Å². The van der Waals surface area contributed by atoms with Gasteiger partial charge in [-0.05, 0) is 20.8 Å². The zero-order valence-corrected chi connectivity index (χ0v) is 9.69. The van der Waals surface area contributed by atoms with Gasteiger partial charge in [-0.15, -0.1) is 0 Å². The zero-order valence-electron chi connectivity index (χ0n) is 9.69. The molecule has 0 unspecified atom stereocenters. The van der Waals surface area contributed by atoms with Gasteiger partial charge in [-0.2, -0.15) is 0 Å². The number of hydrogen-bond acceptors (Lipinski definition) is 5. The van der Waals surface area contributed by atoms with E-state index in [9.17, 15) is 4.79 Å². The Morgan fingerprint density at radius 3 is 2.81 bits per heavy atom. The lowest BCUT2D eigenvalue weighted by molar-refractivity contribution is 0.0526. The van der Waals surface area contributed by atoms with E-state index < -0.39 is 5.97 Å². The molecule has 1 aromatic rings. The average Bonchev–Trinajstić information content (AvgIpc) is 2.20. The first-order valence-corrected chi connectivity index (χ1v) is 5.14. The van der Waals surface area contributed by atoms with E-state index in [0.717, 1.165) is 0 Å². The molecule has 0 aliphatic carbocycles. The molecular formula is C11H16N2O3. The summed E-state index contributed by atoms with van der Waals surface area (Å²) in [5.74, 6) is -0.0942. The number of carbonyl (C=O) groups excluding carboxylic acids is 1. The Kier molecular flexibility index (Phi) is 4.10. The highest BCUT2D eigenvalue weighted by Gasteiger charge is 2.13. The SMILES string of the molecule is CCOC(=O)c1cc(OC(C)C)ncc1N. The van der Waals surface area contributed by atoms with Crippen molar-refractivity contribution in [2.24, 2.45) is 0 Å². The van der Waals surface area contributed by atoms with Crippen LogP contribution in [0.25, 0.3) is 0 Å². The van der Waals surface area contributed by atoms with Crippen LogP contribution in [0.4, 0.5) is 5.69 Å². The number of ether oxygens (including phenoxy) is 2. The van der Waals surface area contributed by atoms with Gasteiger partial charge in [0.05, 0.1) is 30.2 Å². The predicted octanol–water partition coefficient (Wildman–Crippen LogP) is 1.63. The summed E-state index contributed by atoms with van der Waals surface area (Å²) in [6, 6.07) is 1.49. The number of rotatable bonds is 4. The van der Waals surface area contributed by atoms with Gasteiger partial charge in [0.25, 0.3) is 0 Å². The number of nitrogens with zero attached hydrogens (tertiary/aromatic N) is 1. The summed E-state index contributed by atoms with van der Waals surface area (Å²) in [4.78, 5) is 15.5. The molecule has 0 amide bonds. The number of aromatic nitrogens is 1. The highest BCUT2D eigenvalue weighted by molar-refractivity contribution is 5.95. The second-order valence-electron chi connectivity index (χ2n) is 3.50. The smallest absolute Gasteiger partial charge is 0.340 e. The monoisotopic (exact) mass is 224 g/mol. The van der Waals surface area contributed by atoms with Crippen molar-refractivity contribution in [1.82, 2.24) is 4.98 Å². The molecule has 5 heteroatoms. The number of esters is 1. The van der Waals surface area contributed by atoms with Crippen LogP contribution in [0.3, 0.4) is 0 Å². The van der Waals surface area contributed by atoms with Gasteiger partial charge in [0, 0.05) is 6.07 Å². The first-order valence-electron chi connectivity index (χ1n) is 5.14. The van der Waals surface area contributed by atoms with Crippen molar-refractivity contribution in [2.45, 2.75) is 26.9 Å². The van der Waals surface area contributed by atoms with Crippen molar-refractivity contribution in [3.63, 3.8) is 0 Å². The molecule has 0 aromatic carbocycles. The quantitative estimate of drug-likeness (QED) is 0.787. The van der Waals surface area contributed by atoms with E-state index in [1.165, 1.54) is 12.3 Å². The lowest BCUT2D eigenvalue weighted by Gasteiger charge is -2.10. The third-order valence-corrected chi connectivity index (χ3v) is 1.76. The molecule has 0 saturated carbocycles. The predicted molar refractivity (Wildman–Crippen MR) is 60.4 cm³/mol. The normalized spacial score (nSPS) is 10.2. The summed E-state index contributed by atoms with van der Waals surface area (Å²) in [5.41, 5.74) is 6.20. The minimum absolute atomic E-state index is 0.00818. The molecule has 0 radical (unpaired) electrons. The fourth-order valence-electron chi connectivity index (χ4n) is 1.14. The Balaban J connectivity index is 2.94. The fourth-order valence-corrected chi connectivity index (χ4v) is 1.14. The Bertz CT molecular complexity index is 377. The largest absolute Gasteiger partial charge is 0.475 e. The van der Waals surface area contributed by atoms with Crippen molar-refractivity contribution in [1.29, 1.82) is 0 Å². The van der Waals surface area contributed by atoms with Crippen LogP contribution < -0.4 is 10.5 Å². The van der Waals surface area contributed by atoms with E-state index in [1.54, 1.807) is 6.92 Å². The number of anilines is 1. The van der Waals surface area contributed by atoms with Crippen molar-refractivity contribution in [2.75, 3.05) is 12.3 Å². The molecule has 0 spiro atoms. The Morgan fingerprint density at radius 2 is 2.25 bits per heavy atom. The van der Waals surface area contributed by atoms with E-state index in [4.69, 9.17) is 15.2 Å². The van der Waals surface area contributed by atoms with Crippen molar-refractivity contribution in [3.8, 4) is 5.88 Å². The maximum absolute atomic E-state index is 11.5. The van der Waals surface area contributed by atoms with Gasteiger partial charge >= 0.3 is 5.97 Å². The second kappa shape index (κ2) is 5.34. The number of hydrogen-bond donors (Lipinski definition) is 1. The summed E-state index contributed by atoms with van der Waals surface area (Å²) in [5, 5.41) is 0. The van der Waals surface area contributed by atoms with Gasteiger partial charge < -0.3 is 15.2 Å². The van der Waals surface area contributed by atoms with Gasteiger partial charge in [-0.25, -0.2) is 9.78 Å². The molecular weight excluding hydrogens is 208 g/mol.